The smallest absolute Gasteiger partial charge is 0.236 e. The summed E-state index contributed by atoms with van der Waals surface area (Å²) >= 11 is 0. The van der Waals surface area contributed by atoms with Gasteiger partial charge in [0.1, 0.15) is 0 Å². The summed E-state index contributed by atoms with van der Waals surface area (Å²) in [6.45, 7) is 10.5. The average Bonchev–Trinajstić information content (AvgIpc) is 2.70. The van der Waals surface area contributed by atoms with Gasteiger partial charge in [-0.25, -0.2) is 0 Å². The first-order valence-electron chi connectivity index (χ1n) is 7.34. The van der Waals surface area contributed by atoms with Crippen molar-refractivity contribution in [1.29, 1.82) is 0 Å². The predicted octanol–water partition coefficient (Wildman–Crippen LogP) is 1.30. The Bertz CT molecular complexity index is 251. The summed E-state index contributed by atoms with van der Waals surface area (Å²) in [5.41, 5.74) is 5.72. The zero-order valence-electron chi connectivity index (χ0n) is 12.2. The van der Waals surface area contributed by atoms with E-state index in [2.05, 4.69) is 25.7 Å². The average molecular weight is 255 g/mol. The van der Waals surface area contributed by atoms with Crippen molar-refractivity contribution in [3.05, 3.63) is 0 Å². The van der Waals surface area contributed by atoms with Crippen LogP contribution in [0.15, 0.2) is 0 Å². The number of nitrogens with two attached hydrogens (primary N) is 1. The van der Waals surface area contributed by atoms with Crippen LogP contribution in [0, 0.1) is 5.92 Å². The Morgan fingerprint density at radius 3 is 2.39 bits per heavy atom. The van der Waals surface area contributed by atoms with E-state index in [1.807, 2.05) is 4.90 Å². The molecule has 0 aromatic carbocycles. The largest absolute Gasteiger partial charge is 0.342 e. The summed E-state index contributed by atoms with van der Waals surface area (Å²) in [7, 11) is 0. The van der Waals surface area contributed by atoms with E-state index in [4.69, 9.17) is 5.73 Å². The Hall–Kier alpha value is -0.610. The maximum atomic E-state index is 12.3. The second-order valence-corrected chi connectivity index (χ2v) is 5.50. The highest BCUT2D eigenvalue weighted by molar-refractivity contribution is 5.78. The zero-order valence-corrected chi connectivity index (χ0v) is 12.2. The van der Waals surface area contributed by atoms with Gasteiger partial charge in [-0.1, -0.05) is 13.8 Å². The van der Waals surface area contributed by atoms with E-state index in [1.54, 1.807) is 0 Å². The minimum atomic E-state index is 0.281. The number of nitrogens with zero attached hydrogens (tertiary/aromatic N) is 2. The lowest BCUT2D eigenvalue weighted by Gasteiger charge is -2.26. The molecule has 1 rings (SSSR count). The maximum absolute atomic E-state index is 12.3. The van der Waals surface area contributed by atoms with Crippen LogP contribution in [0.1, 0.15) is 40.0 Å². The molecule has 0 spiro atoms. The van der Waals surface area contributed by atoms with Crippen LogP contribution in [0.2, 0.25) is 0 Å². The Kier molecular flexibility index (Phi) is 6.65. The van der Waals surface area contributed by atoms with Crippen molar-refractivity contribution in [2.24, 2.45) is 11.7 Å². The van der Waals surface area contributed by atoms with E-state index in [1.165, 1.54) is 0 Å². The third-order valence-corrected chi connectivity index (χ3v) is 3.80. The van der Waals surface area contributed by atoms with Crippen LogP contribution in [0.3, 0.4) is 0 Å². The molecule has 1 amide bonds. The Labute approximate surface area is 111 Å². The molecule has 2 atom stereocenters. The summed E-state index contributed by atoms with van der Waals surface area (Å²) in [5, 5.41) is 0. The molecule has 0 saturated carbocycles. The number of hydrogen-bond acceptors (Lipinski definition) is 3. The van der Waals surface area contributed by atoms with Gasteiger partial charge in [0.2, 0.25) is 5.91 Å². The molecule has 0 radical (unpaired) electrons. The summed E-state index contributed by atoms with van der Waals surface area (Å²) in [4.78, 5) is 16.6. The van der Waals surface area contributed by atoms with E-state index in [9.17, 15) is 4.79 Å². The van der Waals surface area contributed by atoms with Crippen LogP contribution in [0.5, 0.6) is 0 Å². The van der Waals surface area contributed by atoms with Gasteiger partial charge in [0.15, 0.2) is 0 Å². The SMILES string of the molecule is CCCN(CCC)C(=O)CN1CC(CN)CC1C. The minimum Gasteiger partial charge on any atom is -0.342 e. The molecule has 1 aliphatic rings. The van der Waals surface area contributed by atoms with Crippen molar-refractivity contribution in [2.75, 3.05) is 32.7 Å². The van der Waals surface area contributed by atoms with Crippen LogP contribution in [-0.2, 0) is 4.79 Å². The highest BCUT2D eigenvalue weighted by Crippen LogP contribution is 2.21. The molecule has 0 bridgehead atoms. The first-order valence-corrected chi connectivity index (χ1v) is 7.34. The molecule has 1 aliphatic heterocycles. The highest BCUT2D eigenvalue weighted by atomic mass is 16.2. The van der Waals surface area contributed by atoms with E-state index in [0.29, 0.717) is 18.5 Å². The van der Waals surface area contributed by atoms with Crippen LogP contribution >= 0.6 is 0 Å². The van der Waals surface area contributed by atoms with Gasteiger partial charge in [-0.05, 0) is 38.6 Å². The summed E-state index contributed by atoms with van der Waals surface area (Å²) in [6, 6.07) is 0.493. The van der Waals surface area contributed by atoms with Crippen molar-refractivity contribution in [1.82, 2.24) is 9.80 Å². The summed E-state index contributed by atoms with van der Waals surface area (Å²) in [5.74, 6) is 0.849. The van der Waals surface area contributed by atoms with Crippen LogP contribution in [-0.4, -0.2) is 54.5 Å². The number of hydrogen-bond donors (Lipinski definition) is 1. The topological polar surface area (TPSA) is 49.6 Å². The van der Waals surface area contributed by atoms with Gasteiger partial charge < -0.3 is 10.6 Å². The molecule has 0 aromatic rings. The van der Waals surface area contributed by atoms with E-state index in [0.717, 1.165) is 45.4 Å². The van der Waals surface area contributed by atoms with Crippen LogP contribution in [0.25, 0.3) is 0 Å². The second-order valence-electron chi connectivity index (χ2n) is 5.50. The molecule has 0 aliphatic carbocycles. The first-order chi connectivity index (χ1) is 8.62. The number of carbonyl (C=O) groups is 1. The van der Waals surface area contributed by atoms with Gasteiger partial charge >= 0.3 is 0 Å². The molecule has 2 unspecified atom stereocenters. The lowest BCUT2D eigenvalue weighted by molar-refractivity contribution is -0.132. The normalized spacial score (nSPS) is 24.4. The van der Waals surface area contributed by atoms with Crippen LogP contribution in [0.4, 0.5) is 0 Å². The molecule has 0 aromatic heterocycles. The number of likely N-dealkylation sites (tertiary alicyclic amines) is 1. The predicted molar refractivity (Wildman–Crippen MR) is 75.4 cm³/mol. The van der Waals surface area contributed by atoms with Crippen molar-refractivity contribution >= 4 is 5.91 Å². The molecule has 4 heteroatoms. The third-order valence-electron chi connectivity index (χ3n) is 3.80. The van der Waals surface area contributed by atoms with Gasteiger partial charge in [0.25, 0.3) is 0 Å². The van der Waals surface area contributed by atoms with Crippen molar-refractivity contribution in [3.8, 4) is 0 Å². The molecule has 1 saturated heterocycles. The molecule has 4 nitrogen and oxygen atoms in total. The summed E-state index contributed by atoms with van der Waals surface area (Å²) in [6.07, 6.45) is 3.20. The Morgan fingerprint density at radius 2 is 1.94 bits per heavy atom. The summed E-state index contributed by atoms with van der Waals surface area (Å²) < 4.78 is 0. The fourth-order valence-corrected chi connectivity index (χ4v) is 2.78. The molecule has 2 N–H and O–H groups in total. The number of rotatable bonds is 7. The van der Waals surface area contributed by atoms with Gasteiger partial charge in [0, 0.05) is 25.7 Å². The van der Waals surface area contributed by atoms with E-state index < -0.39 is 0 Å². The second kappa shape index (κ2) is 7.74. The number of carbonyl (C=O) groups excluding carboxylic acids is 1. The van der Waals surface area contributed by atoms with Crippen molar-refractivity contribution in [3.63, 3.8) is 0 Å². The van der Waals surface area contributed by atoms with Gasteiger partial charge in [0.05, 0.1) is 6.54 Å². The lowest BCUT2D eigenvalue weighted by atomic mass is 10.1. The first kappa shape index (κ1) is 15.4. The van der Waals surface area contributed by atoms with Gasteiger partial charge in [-0.3, -0.25) is 9.69 Å². The monoisotopic (exact) mass is 255 g/mol. The highest BCUT2D eigenvalue weighted by Gasteiger charge is 2.30. The maximum Gasteiger partial charge on any atom is 0.236 e. The molecule has 18 heavy (non-hydrogen) atoms. The van der Waals surface area contributed by atoms with Crippen LogP contribution < -0.4 is 5.73 Å². The van der Waals surface area contributed by atoms with E-state index in [-0.39, 0.29) is 5.91 Å². The van der Waals surface area contributed by atoms with Crippen molar-refractivity contribution in [2.45, 2.75) is 46.1 Å². The van der Waals surface area contributed by atoms with Gasteiger partial charge in [-0.2, -0.15) is 0 Å². The van der Waals surface area contributed by atoms with Crippen molar-refractivity contribution < 1.29 is 4.79 Å². The molecular formula is C14H29N3O. The standard InChI is InChI=1S/C14H29N3O/c1-4-6-16(7-5-2)14(18)11-17-10-13(9-15)8-12(17)3/h12-13H,4-11,15H2,1-3H3. The Morgan fingerprint density at radius 1 is 1.33 bits per heavy atom. The fourth-order valence-electron chi connectivity index (χ4n) is 2.78. The third kappa shape index (κ3) is 4.25. The molecule has 1 heterocycles. The molecule has 1 fully saturated rings. The van der Waals surface area contributed by atoms with Gasteiger partial charge in [-0.15, -0.1) is 0 Å². The lowest BCUT2D eigenvalue weighted by Crippen LogP contribution is -2.42. The quantitative estimate of drug-likeness (QED) is 0.746. The van der Waals surface area contributed by atoms with E-state index >= 15 is 0 Å². The zero-order chi connectivity index (χ0) is 13.5. The fraction of sp³-hybridized carbons (Fsp3) is 0.929. The minimum absolute atomic E-state index is 0.281. The molecular weight excluding hydrogens is 226 g/mol. The Balaban J connectivity index is 2.47. The number of amides is 1. The molecule has 106 valence electrons.